The van der Waals surface area contributed by atoms with Crippen LogP contribution in [0.3, 0.4) is 0 Å². The van der Waals surface area contributed by atoms with E-state index in [0.717, 1.165) is 5.56 Å². The molecule has 2 aliphatic rings. The van der Waals surface area contributed by atoms with E-state index < -0.39 is 12.7 Å². The number of alkyl halides is 3. The predicted molar refractivity (Wildman–Crippen MR) is 85.5 cm³/mol. The Labute approximate surface area is 139 Å². The van der Waals surface area contributed by atoms with Gasteiger partial charge in [0.25, 0.3) is 0 Å². The van der Waals surface area contributed by atoms with Crippen molar-refractivity contribution in [1.82, 2.24) is 10.2 Å². The molecule has 1 fully saturated rings. The maximum absolute atomic E-state index is 12.7. The summed E-state index contributed by atoms with van der Waals surface area (Å²) in [5.74, 6) is -0.259. The van der Waals surface area contributed by atoms with Gasteiger partial charge in [-0.3, -0.25) is 9.69 Å². The SMILES string of the molecule is O=C(N[C@@H]1CN(CC(F)(F)F)C[C@H]1c1ccccc1)C1CC=CC1. The molecule has 3 nitrogen and oxygen atoms in total. The number of allylic oxidation sites excluding steroid dienone is 2. The number of halogens is 3. The van der Waals surface area contributed by atoms with Crippen molar-refractivity contribution in [2.75, 3.05) is 19.6 Å². The summed E-state index contributed by atoms with van der Waals surface area (Å²) in [6.07, 6.45) is 1.14. The van der Waals surface area contributed by atoms with Crippen LogP contribution < -0.4 is 5.32 Å². The molecule has 0 unspecified atom stereocenters. The number of carbonyl (C=O) groups excluding carboxylic acids is 1. The van der Waals surface area contributed by atoms with E-state index in [1.54, 1.807) is 0 Å². The zero-order valence-electron chi connectivity index (χ0n) is 13.3. The van der Waals surface area contributed by atoms with Crippen molar-refractivity contribution < 1.29 is 18.0 Å². The van der Waals surface area contributed by atoms with E-state index in [0.29, 0.717) is 19.4 Å². The third-order valence-corrected chi connectivity index (χ3v) is 4.73. The molecule has 1 amide bonds. The van der Waals surface area contributed by atoms with E-state index in [-0.39, 0.29) is 30.3 Å². The van der Waals surface area contributed by atoms with Gasteiger partial charge in [0.05, 0.1) is 6.54 Å². The van der Waals surface area contributed by atoms with Crippen LogP contribution in [0.15, 0.2) is 42.5 Å². The van der Waals surface area contributed by atoms with Crippen LogP contribution in [0.25, 0.3) is 0 Å². The third kappa shape index (κ3) is 4.17. The highest BCUT2D eigenvalue weighted by molar-refractivity contribution is 5.80. The molecule has 1 N–H and O–H groups in total. The van der Waals surface area contributed by atoms with Crippen LogP contribution in [-0.2, 0) is 4.79 Å². The predicted octanol–water partition coefficient (Wildman–Crippen LogP) is 3.10. The topological polar surface area (TPSA) is 32.3 Å². The summed E-state index contributed by atoms with van der Waals surface area (Å²) < 4.78 is 38.2. The fourth-order valence-corrected chi connectivity index (χ4v) is 3.58. The molecule has 0 bridgehead atoms. The van der Waals surface area contributed by atoms with Crippen LogP contribution in [0.5, 0.6) is 0 Å². The third-order valence-electron chi connectivity index (χ3n) is 4.73. The van der Waals surface area contributed by atoms with Crippen LogP contribution in [-0.4, -0.2) is 42.7 Å². The molecule has 0 radical (unpaired) electrons. The fraction of sp³-hybridized carbons (Fsp3) is 0.500. The number of likely N-dealkylation sites (tertiary alicyclic amines) is 1. The highest BCUT2D eigenvalue weighted by atomic mass is 19.4. The first-order valence-electron chi connectivity index (χ1n) is 8.22. The molecule has 1 aromatic rings. The quantitative estimate of drug-likeness (QED) is 0.856. The van der Waals surface area contributed by atoms with Crippen molar-refractivity contribution in [3.63, 3.8) is 0 Å². The molecule has 1 saturated heterocycles. The molecule has 1 aliphatic heterocycles. The Bertz CT molecular complexity index is 592. The lowest BCUT2D eigenvalue weighted by atomic mass is 9.93. The Morgan fingerprint density at radius 3 is 2.42 bits per heavy atom. The van der Waals surface area contributed by atoms with Crippen molar-refractivity contribution >= 4 is 5.91 Å². The summed E-state index contributed by atoms with van der Waals surface area (Å²) in [6, 6.07) is 9.17. The van der Waals surface area contributed by atoms with Gasteiger partial charge in [-0.2, -0.15) is 13.2 Å². The number of rotatable bonds is 4. The second-order valence-electron chi connectivity index (χ2n) is 6.58. The maximum atomic E-state index is 12.7. The number of carbonyl (C=O) groups is 1. The Morgan fingerprint density at radius 1 is 1.12 bits per heavy atom. The lowest BCUT2D eigenvalue weighted by Crippen LogP contribution is -2.43. The number of amides is 1. The van der Waals surface area contributed by atoms with Crippen molar-refractivity contribution in [1.29, 1.82) is 0 Å². The van der Waals surface area contributed by atoms with Crippen molar-refractivity contribution in [2.45, 2.75) is 31.0 Å². The molecule has 24 heavy (non-hydrogen) atoms. The molecule has 6 heteroatoms. The molecule has 1 aromatic carbocycles. The van der Waals surface area contributed by atoms with E-state index >= 15 is 0 Å². The zero-order chi connectivity index (χ0) is 17.2. The molecule has 3 rings (SSSR count). The lowest BCUT2D eigenvalue weighted by molar-refractivity contribution is -0.143. The van der Waals surface area contributed by atoms with Gasteiger partial charge in [0.15, 0.2) is 0 Å². The van der Waals surface area contributed by atoms with E-state index in [1.165, 1.54) is 4.90 Å². The number of hydrogen-bond donors (Lipinski definition) is 1. The number of nitrogens with one attached hydrogen (secondary N) is 1. The van der Waals surface area contributed by atoms with Gasteiger partial charge in [0.2, 0.25) is 5.91 Å². The molecule has 0 aromatic heterocycles. The van der Waals surface area contributed by atoms with Crippen LogP contribution in [0.1, 0.15) is 24.3 Å². The Morgan fingerprint density at radius 2 is 1.79 bits per heavy atom. The summed E-state index contributed by atoms with van der Waals surface area (Å²) in [7, 11) is 0. The average Bonchev–Trinajstić information content (AvgIpc) is 3.16. The van der Waals surface area contributed by atoms with Gasteiger partial charge >= 0.3 is 6.18 Å². The van der Waals surface area contributed by atoms with Crippen LogP contribution in [0.4, 0.5) is 13.2 Å². The number of benzene rings is 1. The minimum absolute atomic E-state index is 0.0558. The largest absolute Gasteiger partial charge is 0.401 e. The monoisotopic (exact) mass is 338 g/mol. The minimum atomic E-state index is -4.23. The van der Waals surface area contributed by atoms with Crippen LogP contribution >= 0.6 is 0 Å². The van der Waals surface area contributed by atoms with E-state index in [1.807, 2.05) is 42.5 Å². The van der Waals surface area contributed by atoms with E-state index in [4.69, 9.17) is 0 Å². The second kappa shape index (κ2) is 6.97. The number of hydrogen-bond acceptors (Lipinski definition) is 2. The summed E-state index contributed by atoms with van der Waals surface area (Å²) >= 11 is 0. The first-order chi connectivity index (χ1) is 11.4. The van der Waals surface area contributed by atoms with Gasteiger partial charge in [-0.05, 0) is 18.4 Å². The van der Waals surface area contributed by atoms with Crippen LogP contribution in [0.2, 0.25) is 0 Å². The Hall–Kier alpha value is -1.82. The minimum Gasteiger partial charge on any atom is -0.351 e. The molecule has 130 valence electrons. The van der Waals surface area contributed by atoms with Gasteiger partial charge in [-0.1, -0.05) is 42.5 Å². The first kappa shape index (κ1) is 17.0. The maximum Gasteiger partial charge on any atom is 0.401 e. The molecule has 2 atom stereocenters. The van der Waals surface area contributed by atoms with Gasteiger partial charge in [-0.15, -0.1) is 0 Å². The van der Waals surface area contributed by atoms with Gasteiger partial charge in [0.1, 0.15) is 0 Å². The summed E-state index contributed by atoms with van der Waals surface area (Å²) in [5.41, 5.74) is 0.969. The normalized spacial score (nSPS) is 25.3. The van der Waals surface area contributed by atoms with Crippen molar-refractivity contribution in [3.05, 3.63) is 48.0 Å². The van der Waals surface area contributed by atoms with Crippen molar-refractivity contribution in [2.24, 2.45) is 5.92 Å². The van der Waals surface area contributed by atoms with Gasteiger partial charge in [0, 0.05) is 31.0 Å². The first-order valence-corrected chi connectivity index (χ1v) is 8.22. The van der Waals surface area contributed by atoms with E-state index in [2.05, 4.69) is 5.32 Å². The number of nitrogens with zero attached hydrogens (tertiary/aromatic N) is 1. The standard InChI is InChI=1S/C18H21F3N2O/c19-18(20,21)12-23-10-15(13-6-2-1-3-7-13)16(11-23)22-17(24)14-8-4-5-9-14/h1-7,14-16H,8-12H2,(H,22,24)/t15-,16+/m0/s1. The van der Waals surface area contributed by atoms with Crippen molar-refractivity contribution in [3.8, 4) is 0 Å². The van der Waals surface area contributed by atoms with Crippen LogP contribution in [0, 0.1) is 5.92 Å². The summed E-state index contributed by atoms with van der Waals surface area (Å²) in [6.45, 7) is -0.407. The van der Waals surface area contributed by atoms with E-state index in [9.17, 15) is 18.0 Å². The Kier molecular flexibility index (Phi) is 4.94. The zero-order valence-corrected chi connectivity index (χ0v) is 13.3. The Balaban J connectivity index is 1.71. The highest BCUT2D eigenvalue weighted by Crippen LogP contribution is 2.30. The van der Waals surface area contributed by atoms with Gasteiger partial charge in [-0.25, -0.2) is 0 Å². The second-order valence-corrected chi connectivity index (χ2v) is 6.58. The fourth-order valence-electron chi connectivity index (χ4n) is 3.58. The smallest absolute Gasteiger partial charge is 0.351 e. The summed E-state index contributed by atoms with van der Waals surface area (Å²) in [4.78, 5) is 13.8. The molecular weight excluding hydrogens is 317 g/mol. The summed E-state index contributed by atoms with van der Waals surface area (Å²) in [5, 5.41) is 3.00. The molecule has 0 spiro atoms. The molecule has 1 aliphatic carbocycles. The highest BCUT2D eigenvalue weighted by Gasteiger charge is 2.40. The molecule has 1 heterocycles. The average molecular weight is 338 g/mol. The lowest BCUT2D eigenvalue weighted by Gasteiger charge is -2.22. The van der Waals surface area contributed by atoms with Gasteiger partial charge < -0.3 is 5.32 Å². The molecular formula is C18H21F3N2O. The molecule has 0 saturated carbocycles.